The summed E-state index contributed by atoms with van der Waals surface area (Å²) in [6.45, 7) is 4.69. The molecule has 1 saturated carbocycles. The fourth-order valence-electron chi connectivity index (χ4n) is 4.66. The largest absolute Gasteiger partial charge is 0.472 e. The van der Waals surface area contributed by atoms with Crippen molar-refractivity contribution in [3.63, 3.8) is 0 Å². The number of pyridine rings is 2. The molecule has 31 heavy (non-hydrogen) atoms. The monoisotopic (exact) mass is 415 g/mol. The second-order valence-corrected chi connectivity index (χ2v) is 8.52. The minimum Gasteiger partial charge on any atom is -0.472 e. The second kappa shape index (κ2) is 8.06. The van der Waals surface area contributed by atoms with Crippen LogP contribution in [0, 0.1) is 19.8 Å². The summed E-state index contributed by atoms with van der Waals surface area (Å²) in [7, 11) is 0. The molecule has 1 aliphatic carbocycles. The first-order valence-electron chi connectivity index (χ1n) is 10.7. The lowest BCUT2D eigenvalue weighted by Crippen LogP contribution is -2.59. The Labute approximate surface area is 181 Å². The van der Waals surface area contributed by atoms with Crippen molar-refractivity contribution in [2.24, 2.45) is 5.92 Å². The smallest absolute Gasteiger partial charge is 0.273 e. The summed E-state index contributed by atoms with van der Waals surface area (Å²) in [5.41, 5.74) is 3.13. The number of amides is 1. The third kappa shape index (κ3) is 3.87. The summed E-state index contributed by atoms with van der Waals surface area (Å²) < 4.78 is 6.24. The second-order valence-electron chi connectivity index (χ2n) is 8.52. The molecule has 0 aromatic carbocycles. The van der Waals surface area contributed by atoms with Crippen LogP contribution in [0.2, 0.25) is 0 Å². The number of hydrogen-bond donors (Lipinski definition) is 0. The van der Waals surface area contributed by atoms with Gasteiger partial charge in [-0.3, -0.25) is 9.78 Å². The summed E-state index contributed by atoms with van der Waals surface area (Å²) in [5, 5.41) is 0. The van der Waals surface area contributed by atoms with Crippen molar-refractivity contribution < 1.29 is 9.53 Å². The molecule has 7 heteroatoms. The highest BCUT2D eigenvalue weighted by Crippen LogP contribution is 2.38. The molecule has 0 spiro atoms. The van der Waals surface area contributed by atoms with Gasteiger partial charge >= 0.3 is 0 Å². The van der Waals surface area contributed by atoms with Crippen molar-refractivity contribution in [1.82, 2.24) is 24.8 Å². The van der Waals surface area contributed by atoms with E-state index in [0.717, 1.165) is 36.9 Å². The number of ether oxygens (including phenoxy) is 1. The number of rotatable bonds is 4. The molecule has 2 aliphatic heterocycles. The van der Waals surface area contributed by atoms with Crippen LogP contribution in [-0.2, 0) is 0 Å². The Balaban J connectivity index is 1.44. The Hall–Kier alpha value is -3.35. The molecule has 3 aliphatic rings. The molecule has 0 radical (unpaired) electrons. The number of fused-ring (bicyclic) bond motifs is 3. The molecule has 1 unspecified atom stereocenters. The molecule has 3 atom stereocenters. The Morgan fingerprint density at radius 1 is 1.03 bits per heavy atom. The zero-order chi connectivity index (χ0) is 21.4. The van der Waals surface area contributed by atoms with E-state index in [1.165, 1.54) is 0 Å². The third-order valence-corrected chi connectivity index (χ3v) is 6.17. The minimum absolute atomic E-state index is 0.00764. The summed E-state index contributed by atoms with van der Waals surface area (Å²) in [5.74, 6) is 1.47. The summed E-state index contributed by atoms with van der Waals surface area (Å²) in [6.07, 6.45) is 9.82. The maximum Gasteiger partial charge on any atom is 0.273 e. The first-order valence-corrected chi connectivity index (χ1v) is 10.7. The molecule has 2 saturated heterocycles. The molecule has 0 N–H and O–H groups in total. The average Bonchev–Trinajstić information content (AvgIpc) is 2.81. The average molecular weight is 415 g/mol. The van der Waals surface area contributed by atoms with Gasteiger partial charge in [-0.1, -0.05) is 6.07 Å². The number of aryl methyl sites for hydroxylation is 2. The van der Waals surface area contributed by atoms with Gasteiger partial charge in [0.25, 0.3) is 5.91 Å². The number of carbonyl (C=O) groups is 1. The van der Waals surface area contributed by atoms with Crippen LogP contribution >= 0.6 is 0 Å². The molecule has 158 valence electrons. The van der Waals surface area contributed by atoms with Gasteiger partial charge in [-0.05, 0) is 62.3 Å². The number of aromatic nitrogens is 4. The lowest BCUT2D eigenvalue weighted by atomic mass is 9.77. The Morgan fingerprint density at radius 2 is 1.84 bits per heavy atom. The standard InChI is InChI=1S/C24H25N5O2/c1-15-4-7-21(27-12-15)31-20-11-17-5-6-19(20)29(14-17)24(30)22-18(10-16(2)13-28-22)23-25-8-3-9-26-23/h3-4,7-10,12-13,17,19-20H,5-6,11,14H2,1-2H3/t17?,19-,20+/m0/s1. The normalized spacial score (nSPS) is 22.4. The molecule has 5 heterocycles. The van der Waals surface area contributed by atoms with Crippen LogP contribution in [0.15, 0.2) is 49.1 Å². The van der Waals surface area contributed by atoms with Crippen LogP contribution in [0.4, 0.5) is 0 Å². The molecule has 1 amide bonds. The number of nitrogens with zero attached hydrogens (tertiary/aromatic N) is 5. The van der Waals surface area contributed by atoms with Gasteiger partial charge in [0.05, 0.1) is 11.6 Å². The highest BCUT2D eigenvalue weighted by Gasteiger charge is 2.45. The number of hydrogen-bond acceptors (Lipinski definition) is 6. The molecule has 6 rings (SSSR count). The van der Waals surface area contributed by atoms with Crippen molar-refractivity contribution in [1.29, 1.82) is 0 Å². The van der Waals surface area contributed by atoms with Crippen molar-refractivity contribution in [2.75, 3.05) is 6.54 Å². The molecular formula is C24H25N5O2. The van der Waals surface area contributed by atoms with Crippen molar-refractivity contribution in [3.05, 3.63) is 65.9 Å². The first-order chi connectivity index (χ1) is 15.1. The van der Waals surface area contributed by atoms with Crippen molar-refractivity contribution in [2.45, 2.75) is 45.3 Å². The van der Waals surface area contributed by atoms with Gasteiger partial charge in [0.15, 0.2) is 5.82 Å². The van der Waals surface area contributed by atoms with Crippen LogP contribution in [-0.4, -0.2) is 49.4 Å². The van der Waals surface area contributed by atoms with E-state index < -0.39 is 0 Å². The fourth-order valence-corrected chi connectivity index (χ4v) is 4.66. The number of carbonyl (C=O) groups excluding carboxylic acids is 1. The summed E-state index contributed by atoms with van der Waals surface area (Å²) >= 11 is 0. The SMILES string of the molecule is Cc1ccc(O[C@@H]2CC3CC[C@@H]2N(C(=O)c2ncc(C)cc2-c2ncccn2)C3)nc1. The van der Waals surface area contributed by atoms with Crippen molar-refractivity contribution in [3.8, 4) is 17.3 Å². The van der Waals surface area contributed by atoms with E-state index in [1.54, 1.807) is 24.7 Å². The van der Waals surface area contributed by atoms with E-state index in [4.69, 9.17) is 4.74 Å². The van der Waals surface area contributed by atoms with Crippen LogP contribution in [0.3, 0.4) is 0 Å². The zero-order valence-corrected chi connectivity index (χ0v) is 17.7. The summed E-state index contributed by atoms with van der Waals surface area (Å²) in [6, 6.07) is 7.60. The van der Waals surface area contributed by atoms with Crippen molar-refractivity contribution >= 4 is 5.91 Å². The maximum atomic E-state index is 13.7. The van der Waals surface area contributed by atoms with E-state index in [1.807, 2.05) is 43.1 Å². The minimum atomic E-state index is -0.0812. The van der Waals surface area contributed by atoms with Gasteiger partial charge in [-0.15, -0.1) is 0 Å². The third-order valence-electron chi connectivity index (χ3n) is 6.17. The topological polar surface area (TPSA) is 81.1 Å². The van der Waals surface area contributed by atoms with Gasteiger partial charge in [0.2, 0.25) is 5.88 Å². The predicted octanol–water partition coefficient (Wildman–Crippen LogP) is 3.62. The summed E-state index contributed by atoms with van der Waals surface area (Å²) in [4.78, 5) is 33.2. The van der Waals surface area contributed by atoms with Gasteiger partial charge in [0, 0.05) is 37.4 Å². The van der Waals surface area contributed by atoms with E-state index in [-0.39, 0.29) is 18.1 Å². The fraction of sp³-hybridized carbons (Fsp3) is 0.375. The zero-order valence-electron chi connectivity index (χ0n) is 17.7. The van der Waals surface area contributed by atoms with E-state index in [2.05, 4.69) is 19.9 Å². The Morgan fingerprint density at radius 3 is 2.58 bits per heavy atom. The number of piperidine rings is 2. The molecule has 7 nitrogen and oxygen atoms in total. The van der Waals surface area contributed by atoms with Gasteiger partial charge < -0.3 is 9.64 Å². The van der Waals surface area contributed by atoms with Crippen LogP contribution < -0.4 is 4.74 Å². The quantitative estimate of drug-likeness (QED) is 0.647. The maximum absolute atomic E-state index is 13.7. The van der Waals surface area contributed by atoms with Crippen LogP contribution in [0.1, 0.15) is 40.9 Å². The Bertz CT molecular complexity index is 1090. The van der Waals surface area contributed by atoms with Gasteiger partial charge in [0.1, 0.15) is 11.8 Å². The highest BCUT2D eigenvalue weighted by atomic mass is 16.5. The molecule has 3 aromatic heterocycles. The molecule has 3 aromatic rings. The Kier molecular flexibility index (Phi) is 5.10. The highest BCUT2D eigenvalue weighted by molar-refractivity contribution is 5.98. The van der Waals surface area contributed by atoms with E-state index >= 15 is 0 Å². The van der Waals surface area contributed by atoms with E-state index in [0.29, 0.717) is 28.9 Å². The lowest BCUT2D eigenvalue weighted by Gasteiger charge is -2.49. The lowest BCUT2D eigenvalue weighted by molar-refractivity contribution is -0.0315. The molecular weight excluding hydrogens is 390 g/mol. The first kappa shape index (κ1) is 19.6. The molecule has 2 bridgehead atoms. The van der Waals surface area contributed by atoms with Gasteiger partial charge in [-0.25, -0.2) is 15.0 Å². The van der Waals surface area contributed by atoms with Gasteiger partial charge in [-0.2, -0.15) is 0 Å². The predicted molar refractivity (Wildman–Crippen MR) is 116 cm³/mol. The van der Waals surface area contributed by atoms with Crippen LogP contribution in [0.5, 0.6) is 5.88 Å². The van der Waals surface area contributed by atoms with E-state index in [9.17, 15) is 4.79 Å². The molecule has 3 fully saturated rings. The van der Waals surface area contributed by atoms with Crippen LogP contribution in [0.25, 0.3) is 11.4 Å².